The summed E-state index contributed by atoms with van der Waals surface area (Å²) in [5, 5.41) is 5.78. The lowest BCUT2D eigenvalue weighted by molar-refractivity contribution is 0.432. The molecule has 22 rings (SSSR count). The predicted octanol–water partition coefficient (Wildman–Crippen LogP) is 29.4. The van der Waals surface area contributed by atoms with Crippen LogP contribution in [0.2, 0.25) is 164 Å². The van der Waals surface area contributed by atoms with E-state index in [2.05, 4.69) is 319 Å². The summed E-state index contributed by atoms with van der Waals surface area (Å²) < 4.78 is 31.6. The summed E-state index contributed by atoms with van der Waals surface area (Å²) in [7, 11) is -19.1. The maximum absolute atomic E-state index is 8.78. The van der Waals surface area contributed by atoms with Crippen molar-refractivity contribution in [1.29, 1.82) is 0 Å². The smallest absolute Gasteiger partial charge is 0.198 e. The summed E-state index contributed by atoms with van der Waals surface area (Å²) in [6.45, 7) is 51.5. The van der Waals surface area contributed by atoms with E-state index in [9.17, 15) is 0 Å². The lowest BCUT2D eigenvalue weighted by Crippen LogP contribution is -2.54. The minimum atomic E-state index is -2.65. The van der Waals surface area contributed by atoms with Gasteiger partial charge in [0.2, 0.25) is 0 Å². The summed E-state index contributed by atoms with van der Waals surface area (Å²) >= 11 is 0. The Balaban J connectivity index is 0.609. The van der Waals surface area contributed by atoms with Gasteiger partial charge in [-0.1, -0.05) is 207 Å². The van der Waals surface area contributed by atoms with Crippen molar-refractivity contribution in [2.75, 3.05) is 0 Å². The maximum atomic E-state index is 8.78. The molecule has 11 aromatic carbocycles. The summed E-state index contributed by atoms with van der Waals surface area (Å²) in [5.41, 5.74) is 50.7. The van der Waals surface area contributed by atoms with E-state index in [1.54, 1.807) is 145 Å². The van der Waals surface area contributed by atoms with Gasteiger partial charge in [-0.25, -0.2) is 0 Å². The van der Waals surface area contributed by atoms with Crippen molar-refractivity contribution in [3.8, 4) is 0 Å². The van der Waals surface area contributed by atoms with Gasteiger partial charge in [-0.15, -0.1) is 0 Å². The van der Waals surface area contributed by atoms with Gasteiger partial charge in [0.25, 0.3) is 0 Å². The molecule has 11 aromatic rings. The van der Waals surface area contributed by atoms with E-state index >= 15 is 0 Å². The van der Waals surface area contributed by atoms with Gasteiger partial charge in [0.1, 0.15) is 0 Å². The molecule has 12 unspecified atom stereocenters. The van der Waals surface area contributed by atoms with Gasteiger partial charge in [0, 0.05) is 8.07 Å². The second-order valence-corrected chi connectivity index (χ2v) is 88.0. The van der Waals surface area contributed by atoms with Crippen LogP contribution in [0.3, 0.4) is 0 Å². The Hall–Kier alpha value is -6.53. The summed E-state index contributed by atoms with van der Waals surface area (Å²) in [6.07, 6.45) is 27.7. The van der Waals surface area contributed by atoms with Crippen molar-refractivity contribution in [2.45, 2.75) is 341 Å². The molecule has 680 valence electrons. The number of aryl methyl sites for hydroxylation is 10. The quantitative estimate of drug-likeness (QED) is 0.0634. The van der Waals surface area contributed by atoms with E-state index in [0.717, 1.165) is 70.6 Å². The molecular formula is C118H148O4Si9. The fourth-order valence-corrected chi connectivity index (χ4v) is 67.2. The van der Waals surface area contributed by atoms with Gasteiger partial charge in [-0.05, 0) is 504 Å². The molecule has 11 aliphatic rings. The Morgan fingerprint density at radius 2 is 0.466 bits per heavy atom. The molecule has 0 heterocycles. The Labute approximate surface area is 796 Å². The third-order valence-electron chi connectivity index (χ3n) is 36.1. The van der Waals surface area contributed by atoms with Crippen LogP contribution < -0.4 is 0 Å². The van der Waals surface area contributed by atoms with Crippen LogP contribution in [0.25, 0.3) is 27.6 Å². The van der Waals surface area contributed by atoms with Gasteiger partial charge in [-0.2, -0.15) is 0 Å². The Bertz CT molecular complexity index is 6470. The molecule has 0 bridgehead atoms. The molecule has 4 nitrogen and oxygen atoms in total. The highest BCUT2D eigenvalue weighted by Gasteiger charge is 2.54. The minimum Gasteiger partial charge on any atom is -0.458 e. The zero-order chi connectivity index (χ0) is 90.9. The molecule has 0 aliphatic heterocycles. The fourth-order valence-electron chi connectivity index (χ4n) is 28.9. The zero-order valence-corrected chi connectivity index (χ0v) is 92.2. The molecule has 0 fully saturated rings. The molecule has 0 radical (unpaired) electrons. The SMILES string of the molecule is C[SiH](C)O[Si](C)(C)C1Cc2ccc(C3Cc4cc(C5Cc6cc(C7Cc8cc9cc%10c(cc9cc8CC7[Si](C)(C)C)CC%10)ccc6CC5[Si](C)(C)O[Si](C)(C)C)ccc4CC3[Si](C)(C)O[Si](C)(C)C3Cc4cc5cc6c(cc5cc4CC3c3ccc4c(c3)CC4)CC(c3ccc4c(c3)CC4)C([Si](C)(C)O[Si](C)(C)/C=C/c3ccc4c(c3)CC4)C6)cc2CC1c1ccc2c(c1)CC2. The van der Waals surface area contributed by atoms with E-state index in [0.29, 0.717) is 68.8 Å². The van der Waals surface area contributed by atoms with Crippen LogP contribution >= 0.6 is 0 Å². The van der Waals surface area contributed by atoms with Gasteiger partial charge < -0.3 is 16.5 Å². The van der Waals surface area contributed by atoms with Crippen molar-refractivity contribution in [2.24, 2.45) is 0 Å². The average Bonchev–Trinajstić information content (AvgIpc) is 0.746. The summed E-state index contributed by atoms with van der Waals surface area (Å²) in [4.78, 5) is 0. The second-order valence-electron chi connectivity index (χ2n) is 49.5. The number of benzene rings is 11. The van der Waals surface area contributed by atoms with Crippen molar-refractivity contribution in [1.82, 2.24) is 0 Å². The maximum Gasteiger partial charge on any atom is 0.198 e. The largest absolute Gasteiger partial charge is 0.458 e. The molecule has 0 saturated carbocycles. The molecule has 0 spiro atoms. The van der Waals surface area contributed by atoms with Crippen molar-refractivity contribution in [3.63, 3.8) is 0 Å². The number of hydrogen-bond acceptors (Lipinski definition) is 4. The van der Waals surface area contributed by atoms with Crippen LogP contribution in [-0.2, 0) is 158 Å². The van der Waals surface area contributed by atoms with Gasteiger partial charge in [-0.3, -0.25) is 0 Å². The molecule has 11 aliphatic carbocycles. The molecule has 0 saturated heterocycles. The van der Waals surface area contributed by atoms with E-state index in [1.807, 2.05) is 0 Å². The van der Waals surface area contributed by atoms with Crippen LogP contribution in [0.1, 0.15) is 197 Å². The van der Waals surface area contributed by atoms with Crippen molar-refractivity contribution >= 4 is 103 Å². The number of fused-ring (bicyclic) bond motifs is 13. The molecule has 13 heteroatoms. The van der Waals surface area contributed by atoms with Crippen LogP contribution in [-0.4, -0.2) is 75.3 Å². The Morgan fingerprint density at radius 1 is 0.229 bits per heavy atom. The lowest BCUT2D eigenvalue weighted by atomic mass is 9.73. The van der Waals surface area contributed by atoms with Crippen LogP contribution in [0.4, 0.5) is 0 Å². The third-order valence-corrected chi connectivity index (χ3v) is 69.1. The Morgan fingerprint density at radius 3 is 0.763 bits per heavy atom. The monoisotopic (exact) mass is 1880 g/mol. The van der Waals surface area contributed by atoms with E-state index in [-0.39, 0.29) is 0 Å². The van der Waals surface area contributed by atoms with E-state index in [1.165, 1.54) is 109 Å². The van der Waals surface area contributed by atoms with Crippen LogP contribution in [0.15, 0.2) is 182 Å². The van der Waals surface area contributed by atoms with Crippen LogP contribution in [0, 0.1) is 0 Å². The molecule has 0 amide bonds. The first-order valence-corrected chi connectivity index (χ1v) is 79.3. The van der Waals surface area contributed by atoms with E-state index < -0.39 is 75.3 Å². The molecule has 131 heavy (non-hydrogen) atoms. The van der Waals surface area contributed by atoms with Crippen molar-refractivity contribution in [3.05, 3.63) is 343 Å². The number of hydrogen-bond donors (Lipinski definition) is 0. The number of rotatable bonds is 22. The van der Waals surface area contributed by atoms with Gasteiger partial charge in [0.15, 0.2) is 67.3 Å². The zero-order valence-electron chi connectivity index (χ0n) is 83.1. The van der Waals surface area contributed by atoms with Crippen molar-refractivity contribution < 1.29 is 16.5 Å². The molecule has 12 atom stereocenters. The van der Waals surface area contributed by atoms with E-state index in [4.69, 9.17) is 16.5 Å². The normalized spacial score (nSPS) is 24.4. The first-order chi connectivity index (χ1) is 62.2. The van der Waals surface area contributed by atoms with Crippen LogP contribution in [0.5, 0.6) is 0 Å². The van der Waals surface area contributed by atoms with Gasteiger partial charge in [0.05, 0.1) is 0 Å². The average molecular weight is 1880 g/mol. The lowest BCUT2D eigenvalue weighted by Gasteiger charge is -2.50. The highest BCUT2D eigenvalue weighted by Crippen LogP contribution is 2.59. The molecule has 0 aromatic heterocycles. The Kier molecular flexibility index (Phi) is 22.7. The standard InChI is InChI=1S/C118H148O4Si9/c1-123(2)119-127(11,12)114-68-85-37-43-93(55-99(85)62-108(114)88-39-27-76-24-31-80(76)48-88)110-64-100-54-92(109-63-98-53-91(42-36-86(98)69-115(109)128(13,14)120-125(6,7)8)107-65-101-56-94-51-83-34-35-84(83)52-95(94)59-104(101)71-113(107)124(3,4)5)44-38-87(100)70-116(110)130(17,18)122-131(19,20)118-73-106-61-97-60-105-72-117(129(15,16)121-126(9,10)46-45-74-21-22-75-23-30-79(75)47-74)111(89-40-28-77-25-32-81(77)49-89)66-102(105)57-96(97)58-103(106)67-112(118)90-41-29-78-26-33-82(78)50-90/h21-22,27-29,36-61,107-118,123H,23-26,30-35,62-73H2,1-20H3/b46-45+. The topological polar surface area (TPSA) is 36.9 Å². The first kappa shape index (κ1) is 89.7. The van der Waals surface area contributed by atoms with Gasteiger partial charge >= 0.3 is 0 Å². The fraction of sp³-hybridized carbons (Fsp3) is 0.458. The molecular weight excluding hydrogens is 1730 g/mol. The highest BCUT2D eigenvalue weighted by atomic mass is 28.4. The summed E-state index contributed by atoms with van der Waals surface area (Å²) in [5.74, 6) is 2.46. The predicted molar refractivity (Wildman–Crippen MR) is 577 cm³/mol. The highest BCUT2D eigenvalue weighted by molar-refractivity contribution is 6.89. The third kappa shape index (κ3) is 17.1. The minimum absolute atomic E-state index is 0.316. The first-order valence-electron chi connectivity index (χ1n) is 51.7. The molecule has 0 N–H and O–H groups in total. The second kappa shape index (κ2) is 33.1. The summed E-state index contributed by atoms with van der Waals surface area (Å²) in [6, 6.07) is 75.6.